The highest BCUT2D eigenvalue weighted by molar-refractivity contribution is 5.91. The SMILES string of the molecule is Cc1c(F)cc(OC(=O)c2ccc(C3CCCCC3)cc2)cc1F. The second-order valence-corrected chi connectivity index (χ2v) is 6.36. The van der Waals surface area contributed by atoms with Crippen LogP contribution in [0.3, 0.4) is 0 Å². The maximum absolute atomic E-state index is 13.5. The van der Waals surface area contributed by atoms with E-state index in [2.05, 4.69) is 0 Å². The number of esters is 1. The molecule has 0 radical (unpaired) electrons. The standard InChI is InChI=1S/C20H20F2O2/c1-13-18(21)11-17(12-19(13)22)24-20(23)16-9-7-15(8-10-16)14-5-3-2-4-6-14/h7-12,14H,2-6H2,1H3. The summed E-state index contributed by atoms with van der Waals surface area (Å²) in [6.07, 6.45) is 6.17. The van der Waals surface area contributed by atoms with Crippen LogP contribution in [0.25, 0.3) is 0 Å². The average molecular weight is 330 g/mol. The molecular weight excluding hydrogens is 310 g/mol. The van der Waals surface area contributed by atoms with Crippen LogP contribution in [0.5, 0.6) is 5.75 Å². The lowest BCUT2D eigenvalue weighted by molar-refractivity contribution is 0.0734. The molecule has 4 heteroatoms. The summed E-state index contributed by atoms with van der Waals surface area (Å²) in [7, 11) is 0. The Labute approximate surface area is 140 Å². The maximum Gasteiger partial charge on any atom is 0.343 e. The second-order valence-electron chi connectivity index (χ2n) is 6.36. The van der Waals surface area contributed by atoms with Crippen LogP contribution in [-0.4, -0.2) is 5.97 Å². The Bertz CT molecular complexity index is 709. The molecule has 0 saturated heterocycles. The number of benzene rings is 2. The molecule has 2 aromatic rings. The number of carbonyl (C=O) groups is 1. The van der Waals surface area contributed by atoms with Crippen molar-refractivity contribution in [3.05, 3.63) is 64.7 Å². The lowest BCUT2D eigenvalue weighted by Crippen LogP contribution is -2.10. The molecule has 0 heterocycles. The third kappa shape index (κ3) is 3.64. The summed E-state index contributed by atoms with van der Waals surface area (Å²) in [6, 6.07) is 9.37. The van der Waals surface area contributed by atoms with Gasteiger partial charge >= 0.3 is 5.97 Å². The van der Waals surface area contributed by atoms with Crippen LogP contribution in [-0.2, 0) is 0 Å². The highest BCUT2D eigenvalue weighted by Gasteiger charge is 2.17. The molecule has 0 aromatic heterocycles. The molecule has 0 N–H and O–H groups in total. The van der Waals surface area contributed by atoms with E-state index in [1.165, 1.54) is 44.6 Å². The average Bonchev–Trinajstić information content (AvgIpc) is 2.60. The molecule has 1 aliphatic carbocycles. The van der Waals surface area contributed by atoms with Gasteiger partial charge in [0, 0.05) is 17.7 Å². The van der Waals surface area contributed by atoms with Crippen LogP contribution in [0.4, 0.5) is 8.78 Å². The second kappa shape index (κ2) is 7.12. The summed E-state index contributed by atoms with van der Waals surface area (Å²) >= 11 is 0. The Morgan fingerprint density at radius 1 is 1.00 bits per heavy atom. The van der Waals surface area contributed by atoms with Crippen molar-refractivity contribution in [3.63, 3.8) is 0 Å². The van der Waals surface area contributed by atoms with E-state index >= 15 is 0 Å². The number of hydrogen-bond acceptors (Lipinski definition) is 2. The van der Waals surface area contributed by atoms with Crippen LogP contribution in [0.2, 0.25) is 0 Å². The summed E-state index contributed by atoms with van der Waals surface area (Å²) < 4.78 is 32.1. The molecule has 0 spiro atoms. The van der Waals surface area contributed by atoms with Crippen LogP contribution < -0.4 is 4.74 Å². The molecule has 1 saturated carbocycles. The van der Waals surface area contributed by atoms with Crippen LogP contribution in [0.15, 0.2) is 36.4 Å². The van der Waals surface area contributed by atoms with Gasteiger partial charge in [-0.25, -0.2) is 13.6 Å². The molecule has 0 atom stereocenters. The molecule has 1 aliphatic rings. The van der Waals surface area contributed by atoms with E-state index in [-0.39, 0.29) is 11.3 Å². The quantitative estimate of drug-likeness (QED) is 0.545. The van der Waals surface area contributed by atoms with E-state index in [1.807, 2.05) is 12.1 Å². The minimum absolute atomic E-state index is 0.0911. The summed E-state index contributed by atoms with van der Waals surface area (Å²) in [6.45, 7) is 1.33. The zero-order valence-electron chi connectivity index (χ0n) is 13.6. The number of halogens is 2. The van der Waals surface area contributed by atoms with Gasteiger partial charge < -0.3 is 4.74 Å². The Hall–Kier alpha value is -2.23. The predicted molar refractivity (Wildman–Crippen MR) is 88.3 cm³/mol. The highest BCUT2D eigenvalue weighted by atomic mass is 19.1. The monoisotopic (exact) mass is 330 g/mol. The fourth-order valence-electron chi connectivity index (χ4n) is 3.17. The van der Waals surface area contributed by atoms with Gasteiger partial charge in [0.2, 0.25) is 0 Å². The van der Waals surface area contributed by atoms with E-state index in [0.29, 0.717) is 11.5 Å². The van der Waals surface area contributed by atoms with Gasteiger partial charge in [0.05, 0.1) is 5.56 Å². The lowest BCUT2D eigenvalue weighted by Gasteiger charge is -2.21. The summed E-state index contributed by atoms with van der Waals surface area (Å²) in [5.74, 6) is -1.65. The molecule has 24 heavy (non-hydrogen) atoms. The normalized spacial score (nSPS) is 15.3. The molecule has 2 nitrogen and oxygen atoms in total. The predicted octanol–water partition coefficient (Wildman–Crippen LogP) is 5.54. The first-order valence-electron chi connectivity index (χ1n) is 8.32. The van der Waals surface area contributed by atoms with Gasteiger partial charge in [-0.15, -0.1) is 0 Å². The lowest BCUT2D eigenvalue weighted by atomic mass is 9.84. The third-order valence-electron chi connectivity index (χ3n) is 4.69. The van der Waals surface area contributed by atoms with E-state index in [9.17, 15) is 13.6 Å². The molecule has 0 bridgehead atoms. The number of rotatable bonds is 3. The van der Waals surface area contributed by atoms with E-state index in [0.717, 1.165) is 12.1 Å². The van der Waals surface area contributed by atoms with Gasteiger partial charge in [-0.2, -0.15) is 0 Å². The van der Waals surface area contributed by atoms with E-state index in [1.54, 1.807) is 12.1 Å². The summed E-state index contributed by atoms with van der Waals surface area (Å²) in [5, 5.41) is 0. The van der Waals surface area contributed by atoms with Crippen molar-refractivity contribution < 1.29 is 18.3 Å². The Balaban J connectivity index is 1.71. The first kappa shape index (κ1) is 16.6. The topological polar surface area (TPSA) is 26.3 Å². The van der Waals surface area contributed by atoms with Gasteiger partial charge in [-0.1, -0.05) is 31.4 Å². The molecule has 0 aliphatic heterocycles. The number of hydrogen-bond donors (Lipinski definition) is 0. The Morgan fingerprint density at radius 2 is 1.58 bits per heavy atom. The van der Waals surface area contributed by atoms with Crippen molar-refractivity contribution in [2.75, 3.05) is 0 Å². The first-order chi connectivity index (χ1) is 11.5. The summed E-state index contributed by atoms with van der Waals surface area (Å²) in [4.78, 5) is 12.1. The zero-order chi connectivity index (χ0) is 17.1. The van der Waals surface area contributed by atoms with Crippen molar-refractivity contribution in [2.45, 2.75) is 44.9 Å². The fourth-order valence-corrected chi connectivity index (χ4v) is 3.17. The maximum atomic E-state index is 13.5. The van der Waals surface area contributed by atoms with Crippen molar-refractivity contribution in [1.82, 2.24) is 0 Å². The molecule has 3 rings (SSSR count). The van der Waals surface area contributed by atoms with Crippen molar-refractivity contribution in [2.24, 2.45) is 0 Å². The molecule has 126 valence electrons. The van der Waals surface area contributed by atoms with Crippen LogP contribution in [0, 0.1) is 18.6 Å². The van der Waals surface area contributed by atoms with Gasteiger partial charge in [0.25, 0.3) is 0 Å². The van der Waals surface area contributed by atoms with Crippen molar-refractivity contribution >= 4 is 5.97 Å². The highest BCUT2D eigenvalue weighted by Crippen LogP contribution is 2.32. The molecule has 1 fully saturated rings. The Morgan fingerprint density at radius 3 is 2.17 bits per heavy atom. The van der Waals surface area contributed by atoms with Crippen molar-refractivity contribution in [1.29, 1.82) is 0 Å². The van der Waals surface area contributed by atoms with Crippen LogP contribution >= 0.6 is 0 Å². The minimum Gasteiger partial charge on any atom is -0.423 e. The Kier molecular flexibility index (Phi) is 4.93. The van der Waals surface area contributed by atoms with E-state index < -0.39 is 17.6 Å². The van der Waals surface area contributed by atoms with E-state index in [4.69, 9.17) is 4.74 Å². The number of ether oxygens (including phenoxy) is 1. The summed E-state index contributed by atoms with van der Waals surface area (Å²) in [5.41, 5.74) is 1.52. The zero-order valence-corrected chi connectivity index (χ0v) is 13.6. The minimum atomic E-state index is -0.731. The fraction of sp³-hybridized carbons (Fsp3) is 0.350. The van der Waals surface area contributed by atoms with Crippen molar-refractivity contribution in [3.8, 4) is 5.75 Å². The largest absolute Gasteiger partial charge is 0.423 e. The van der Waals surface area contributed by atoms with Gasteiger partial charge in [-0.3, -0.25) is 0 Å². The van der Waals surface area contributed by atoms with Crippen LogP contribution in [0.1, 0.15) is 59.5 Å². The van der Waals surface area contributed by atoms with Gasteiger partial charge in [0.1, 0.15) is 17.4 Å². The van der Waals surface area contributed by atoms with Gasteiger partial charge in [0.15, 0.2) is 0 Å². The molecular formula is C20H20F2O2. The smallest absolute Gasteiger partial charge is 0.343 e. The van der Waals surface area contributed by atoms with Gasteiger partial charge in [-0.05, 0) is 43.4 Å². The molecule has 0 amide bonds. The molecule has 0 unspecified atom stereocenters. The third-order valence-corrected chi connectivity index (χ3v) is 4.69. The molecule has 2 aromatic carbocycles. The first-order valence-corrected chi connectivity index (χ1v) is 8.32. The number of carbonyl (C=O) groups excluding carboxylic acids is 1.